The SMILES string of the molecule is CCCc1ccc(C(=O)COC(=O)Cc2coc3cc(OC)ccc23)cc1. The summed E-state index contributed by atoms with van der Waals surface area (Å²) < 4.78 is 15.8. The Balaban J connectivity index is 1.57. The molecule has 3 aromatic rings. The highest BCUT2D eigenvalue weighted by atomic mass is 16.5. The Morgan fingerprint density at radius 2 is 1.85 bits per heavy atom. The van der Waals surface area contributed by atoms with Crippen molar-refractivity contribution in [3.8, 4) is 5.75 Å². The Kier molecular flexibility index (Phi) is 5.91. The fourth-order valence-corrected chi connectivity index (χ4v) is 2.91. The summed E-state index contributed by atoms with van der Waals surface area (Å²) in [6.45, 7) is 1.84. The van der Waals surface area contributed by atoms with Crippen molar-refractivity contribution in [3.63, 3.8) is 0 Å². The highest BCUT2D eigenvalue weighted by Crippen LogP contribution is 2.26. The summed E-state index contributed by atoms with van der Waals surface area (Å²) in [4.78, 5) is 24.3. The van der Waals surface area contributed by atoms with E-state index in [0.29, 0.717) is 22.5 Å². The molecule has 0 atom stereocenters. The molecule has 0 spiro atoms. The van der Waals surface area contributed by atoms with Crippen LogP contribution in [0.5, 0.6) is 5.75 Å². The first-order valence-electron chi connectivity index (χ1n) is 8.92. The molecular weight excluding hydrogens is 344 g/mol. The van der Waals surface area contributed by atoms with Gasteiger partial charge in [0.1, 0.15) is 11.3 Å². The van der Waals surface area contributed by atoms with Crippen LogP contribution in [0.15, 0.2) is 53.1 Å². The van der Waals surface area contributed by atoms with E-state index in [4.69, 9.17) is 13.9 Å². The van der Waals surface area contributed by atoms with E-state index in [1.165, 1.54) is 11.8 Å². The molecule has 3 rings (SSSR count). The number of carbonyl (C=O) groups is 2. The minimum Gasteiger partial charge on any atom is -0.497 e. The third kappa shape index (κ3) is 4.56. The summed E-state index contributed by atoms with van der Waals surface area (Å²) in [7, 11) is 1.58. The first-order chi connectivity index (χ1) is 13.1. The van der Waals surface area contributed by atoms with Crippen molar-refractivity contribution in [2.75, 3.05) is 13.7 Å². The summed E-state index contributed by atoms with van der Waals surface area (Å²) in [5.41, 5.74) is 3.09. The number of Topliss-reactive ketones (excluding diaryl/α,β-unsaturated/α-hetero) is 1. The number of ether oxygens (including phenoxy) is 2. The average Bonchev–Trinajstić information content (AvgIpc) is 3.08. The molecule has 5 heteroatoms. The van der Waals surface area contributed by atoms with Gasteiger partial charge in [-0.1, -0.05) is 37.6 Å². The Hall–Kier alpha value is -3.08. The lowest BCUT2D eigenvalue weighted by Crippen LogP contribution is -2.15. The fraction of sp³-hybridized carbons (Fsp3) is 0.273. The van der Waals surface area contributed by atoms with E-state index in [1.807, 2.05) is 18.2 Å². The molecule has 2 aromatic carbocycles. The number of methoxy groups -OCH3 is 1. The standard InChI is InChI=1S/C22H22O5/c1-3-4-15-5-7-16(8-6-15)20(23)14-27-22(24)11-17-13-26-21-12-18(25-2)9-10-19(17)21/h5-10,12-13H,3-4,11,14H2,1-2H3. The van der Waals surface area contributed by atoms with Crippen LogP contribution in [-0.4, -0.2) is 25.5 Å². The Bertz CT molecular complexity index is 937. The van der Waals surface area contributed by atoms with Gasteiger partial charge in [-0.15, -0.1) is 0 Å². The molecule has 0 saturated carbocycles. The number of aryl methyl sites for hydroxylation is 1. The predicted octanol–water partition coefficient (Wildman–Crippen LogP) is 4.36. The number of esters is 1. The second-order valence-electron chi connectivity index (χ2n) is 6.33. The van der Waals surface area contributed by atoms with Crippen molar-refractivity contribution in [1.29, 1.82) is 0 Å². The van der Waals surface area contributed by atoms with Crippen molar-refractivity contribution >= 4 is 22.7 Å². The second-order valence-corrected chi connectivity index (χ2v) is 6.33. The molecule has 140 valence electrons. The highest BCUT2D eigenvalue weighted by molar-refractivity contribution is 5.98. The molecule has 0 amide bonds. The zero-order valence-electron chi connectivity index (χ0n) is 15.5. The van der Waals surface area contributed by atoms with Gasteiger partial charge >= 0.3 is 5.97 Å². The molecule has 0 aliphatic carbocycles. The molecule has 1 aromatic heterocycles. The van der Waals surface area contributed by atoms with E-state index < -0.39 is 5.97 Å². The first-order valence-corrected chi connectivity index (χ1v) is 8.92. The molecule has 0 fully saturated rings. The normalized spacial score (nSPS) is 10.7. The zero-order valence-corrected chi connectivity index (χ0v) is 15.5. The number of rotatable bonds is 8. The minimum absolute atomic E-state index is 0.0437. The predicted molar refractivity (Wildman–Crippen MR) is 102 cm³/mol. The Morgan fingerprint density at radius 3 is 2.56 bits per heavy atom. The van der Waals surface area contributed by atoms with E-state index in [9.17, 15) is 9.59 Å². The van der Waals surface area contributed by atoms with Gasteiger partial charge in [0.15, 0.2) is 12.4 Å². The van der Waals surface area contributed by atoms with E-state index in [1.54, 1.807) is 31.4 Å². The minimum atomic E-state index is -0.468. The van der Waals surface area contributed by atoms with Gasteiger partial charge in [0, 0.05) is 22.6 Å². The maximum Gasteiger partial charge on any atom is 0.310 e. The summed E-state index contributed by atoms with van der Waals surface area (Å²) in [6.07, 6.45) is 3.61. The van der Waals surface area contributed by atoms with Crippen molar-refractivity contribution < 1.29 is 23.5 Å². The smallest absolute Gasteiger partial charge is 0.310 e. The second kappa shape index (κ2) is 8.54. The quantitative estimate of drug-likeness (QED) is 0.438. The van der Waals surface area contributed by atoms with Gasteiger partial charge in [-0.25, -0.2) is 0 Å². The van der Waals surface area contributed by atoms with Gasteiger partial charge in [-0.3, -0.25) is 9.59 Å². The molecule has 5 nitrogen and oxygen atoms in total. The number of fused-ring (bicyclic) bond motifs is 1. The van der Waals surface area contributed by atoms with Gasteiger partial charge in [-0.05, 0) is 24.1 Å². The molecule has 0 unspecified atom stereocenters. The third-order valence-electron chi connectivity index (χ3n) is 4.38. The Morgan fingerprint density at radius 1 is 1.07 bits per heavy atom. The number of benzene rings is 2. The van der Waals surface area contributed by atoms with Crippen LogP contribution < -0.4 is 4.74 Å². The molecule has 27 heavy (non-hydrogen) atoms. The van der Waals surface area contributed by atoms with Crippen molar-refractivity contribution in [2.24, 2.45) is 0 Å². The number of hydrogen-bond donors (Lipinski definition) is 0. The van der Waals surface area contributed by atoms with Crippen LogP contribution in [0.4, 0.5) is 0 Å². The summed E-state index contributed by atoms with van der Waals surface area (Å²) in [6, 6.07) is 12.8. The molecule has 0 N–H and O–H groups in total. The number of hydrogen-bond acceptors (Lipinski definition) is 5. The maximum absolute atomic E-state index is 12.2. The van der Waals surface area contributed by atoms with Crippen LogP contribution in [0.2, 0.25) is 0 Å². The third-order valence-corrected chi connectivity index (χ3v) is 4.38. The van der Waals surface area contributed by atoms with Gasteiger partial charge in [0.05, 0.1) is 19.8 Å². The van der Waals surface area contributed by atoms with Gasteiger partial charge in [0.25, 0.3) is 0 Å². The fourth-order valence-electron chi connectivity index (χ4n) is 2.91. The lowest BCUT2D eigenvalue weighted by molar-refractivity contribution is -0.141. The lowest BCUT2D eigenvalue weighted by atomic mass is 10.1. The lowest BCUT2D eigenvalue weighted by Gasteiger charge is -2.05. The monoisotopic (exact) mass is 366 g/mol. The average molecular weight is 366 g/mol. The number of ketones is 1. The summed E-state index contributed by atoms with van der Waals surface area (Å²) >= 11 is 0. The Labute approximate surface area is 157 Å². The van der Waals surface area contributed by atoms with E-state index in [2.05, 4.69) is 6.92 Å². The largest absolute Gasteiger partial charge is 0.497 e. The molecule has 0 bridgehead atoms. The van der Waals surface area contributed by atoms with Crippen molar-refractivity contribution in [3.05, 3.63) is 65.4 Å². The van der Waals surface area contributed by atoms with Gasteiger partial charge in [-0.2, -0.15) is 0 Å². The van der Waals surface area contributed by atoms with Crippen LogP contribution in [0, 0.1) is 0 Å². The summed E-state index contributed by atoms with van der Waals surface area (Å²) in [5, 5.41) is 0.825. The molecular formula is C22H22O5. The van der Waals surface area contributed by atoms with E-state index in [-0.39, 0.29) is 18.8 Å². The van der Waals surface area contributed by atoms with Gasteiger partial charge < -0.3 is 13.9 Å². The number of carbonyl (C=O) groups excluding carboxylic acids is 2. The van der Waals surface area contributed by atoms with Crippen molar-refractivity contribution in [2.45, 2.75) is 26.2 Å². The van der Waals surface area contributed by atoms with Crippen LogP contribution in [0.3, 0.4) is 0 Å². The van der Waals surface area contributed by atoms with Crippen LogP contribution in [-0.2, 0) is 22.4 Å². The highest BCUT2D eigenvalue weighted by Gasteiger charge is 2.14. The van der Waals surface area contributed by atoms with Gasteiger partial charge in [0.2, 0.25) is 0 Å². The van der Waals surface area contributed by atoms with Crippen molar-refractivity contribution in [1.82, 2.24) is 0 Å². The van der Waals surface area contributed by atoms with E-state index >= 15 is 0 Å². The van der Waals surface area contributed by atoms with E-state index in [0.717, 1.165) is 18.2 Å². The number of furan rings is 1. The summed E-state index contributed by atoms with van der Waals surface area (Å²) in [5.74, 6) is -0.000754. The molecule has 0 radical (unpaired) electrons. The first kappa shape index (κ1) is 18.7. The van der Waals surface area contributed by atoms with Crippen LogP contribution >= 0.6 is 0 Å². The molecule has 0 aliphatic heterocycles. The topological polar surface area (TPSA) is 65.7 Å². The maximum atomic E-state index is 12.2. The van der Waals surface area contributed by atoms with Crippen LogP contribution in [0.25, 0.3) is 11.0 Å². The van der Waals surface area contributed by atoms with Crippen LogP contribution in [0.1, 0.15) is 34.8 Å². The molecule has 0 aliphatic rings. The molecule has 0 saturated heterocycles. The zero-order chi connectivity index (χ0) is 19.2. The molecule has 1 heterocycles.